The molecule has 2 aromatic rings. The Balaban J connectivity index is 1.92. The SMILES string of the molecule is CC(C)(C)OC(=O)N1[C@@H](C[C@@H](Sc2cc(N)ncc2C#N)c2ccccc2)COC1(C)C. The van der Waals surface area contributed by atoms with Gasteiger partial charge < -0.3 is 15.2 Å². The zero-order valence-electron chi connectivity index (χ0n) is 19.2. The number of nitriles is 1. The molecule has 1 aromatic carbocycles. The van der Waals surface area contributed by atoms with Crippen LogP contribution in [-0.4, -0.2) is 40.0 Å². The summed E-state index contributed by atoms with van der Waals surface area (Å²) in [4.78, 5) is 19.5. The highest BCUT2D eigenvalue weighted by molar-refractivity contribution is 7.99. The minimum atomic E-state index is -0.780. The summed E-state index contributed by atoms with van der Waals surface area (Å²) in [5.41, 5.74) is 6.06. The van der Waals surface area contributed by atoms with Gasteiger partial charge in [0.05, 0.1) is 18.2 Å². The molecule has 2 atom stereocenters. The number of pyridine rings is 1. The molecule has 1 saturated heterocycles. The number of benzene rings is 1. The van der Waals surface area contributed by atoms with E-state index < -0.39 is 17.4 Å². The second-order valence-electron chi connectivity index (χ2n) is 9.23. The van der Waals surface area contributed by atoms with E-state index in [9.17, 15) is 10.1 Å². The van der Waals surface area contributed by atoms with Gasteiger partial charge in [-0.2, -0.15) is 5.26 Å². The summed E-state index contributed by atoms with van der Waals surface area (Å²) in [7, 11) is 0. The fraction of sp³-hybridized carbons (Fsp3) is 0.458. The number of nitrogens with zero attached hydrogens (tertiary/aromatic N) is 3. The Morgan fingerprint density at radius 1 is 1.41 bits per heavy atom. The number of amides is 1. The van der Waals surface area contributed by atoms with Crippen LogP contribution in [0.5, 0.6) is 0 Å². The molecule has 2 heterocycles. The molecule has 0 radical (unpaired) electrons. The molecule has 1 fully saturated rings. The number of hydrogen-bond donors (Lipinski definition) is 1. The second kappa shape index (κ2) is 9.39. The summed E-state index contributed by atoms with van der Waals surface area (Å²) in [5.74, 6) is 0.360. The number of nitrogen functional groups attached to an aromatic ring is 1. The molecule has 1 aliphatic rings. The van der Waals surface area contributed by atoms with Crippen LogP contribution in [-0.2, 0) is 9.47 Å². The third-order valence-electron chi connectivity index (χ3n) is 5.10. The Morgan fingerprint density at radius 3 is 2.72 bits per heavy atom. The highest BCUT2D eigenvalue weighted by atomic mass is 32.2. The third-order valence-corrected chi connectivity index (χ3v) is 6.44. The van der Waals surface area contributed by atoms with Gasteiger partial charge in [-0.1, -0.05) is 30.3 Å². The molecule has 7 nitrogen and oxygen atoms in total. The van der Waals surface area contributed by atoms with Gasteiger partial charge >= 0.3 is 6.09 Å². The maximum Gasteiger partial charge on any atom is 0.412 e. The van der Waals surface area contributed by atoms with Crippen molar-refractivity contribution < 1.29 is 14.3 Å². The third kappa shape index (κ3) is 5.72. The number of rotatable bonds is 5. The van der Waals surface area contributed by atoms with Crippen molar-refractivity contribution in [3.8, 4) is 6.07 Å². The molecular formula is C24H30N4O3S. The van der Waals surface area contributed by atoms with Crippen LogP contribution < -0.4 is 5.73 Å². The quantitative estimate of drug-likeness (QED) is 0.625. The lowest BCUT2D eigenvalue weighted by molar-refractivity contribution is -0.0626. The van der Waals surface area contributed by atoms with Crippen LogP contribution in [0.15, 0.2) is 47.5 Å². The highest BCUT2D eigenvalue weighted by Crippen LogP contribution is 2.43. The number of anilines is 1. The van der Waals surface area contributed by atoms with Crippen LogP contribution in [0.1, 0.15) is 57.4 Å². The van der Waals surface area contributed by atoms with Crippen molar-refractivity contribution in [2.75, 3.05) is 12.3 Å². The van der Waals surface area contributed by atoms with E-state index >= 15 is 0 Å². The Morgan fingerprint density at radius 2 is 2.09 bits per heavy atom. The van der Waals surface area contributed by atoms with Crippen LogP contribution in [0.4, 0.5) is 10.6 Å². The van der Waals surface area contributed by atoms with Crippen molar-refractivity contribution in [1.82, 2.24) is 9.88 Å². The molecule has 0 saturated carbocycles. The van der Waals surface area contributed by atoms with Crippen LogP contribution >= 0.6 is 11.8 Å². The van der Waals surface area contributed by atoms with E-state index in [1.54, 1.807) is 22.7 Å². The first kappa shape index (κ1) is 23.9. The highest BCUT2D eigenvalue weighted by Gasteiger charge is 2.46. The normalized spacial score (nSPS) is 18.8. The summed E-state index contributed by atoms with van der Waals surface area (Å²) >= 11 is 1.54. The fourth-order valence-electron chi connectivity index (χ4n) is 3.69. The van der Waals surface area contributed by atoms with Crippen molar-refractivity contribution >= 4 is 23.7 Å². The van der Waals surface area contributed by atoms with E-state index in [0.717, 1.165) is 10.5 Å². The molecule has 1 aliphatic heterocycles. The molecule has 1 amide bonds. The van der Waals surface area contributed by atoms with E-state index in [1.807, 2.05) is 65.0 Å². The fourth-order valence-corrected chi connectivity index (χ4v) is 5.02. The number of hydrogen-bond acceptors (Lipinski definition) is 7. The molecule has 0 bridgehead atoms. The van der Waals surface area contributed by atoms with Crippen LogP contribution in [0.25, 0.3) is 0 Å². The predicted molar refractivity (Wildman–Crippen MR) is 125 cm³/mol. The number of carbonyl (C=O) groups is 1. The number of ether oxygens (including phenoxy) is 2. The van der Waals surface area contributed by atoms with Gasteiger partial charge in [0.2, 0.25) is 0 Å². The van der Waals surface area contributed by atoms with E-state index in [2.05, 4.69) is 11.1 Å². The Kier molecular flexibility index (Phi) is 7.01. The van der Waals surface area contributed by atoms with Crippen LogP contribution in [0.3, 0.4) is 0 Å². The van der Waals surface area contributed by atoms with Gasteiger partial charge in [-0.25, -0.2) is 9.78 Å². The van der Waals surface area contributed by atoms with Crippen molar-refractivity contribution in [1.29, 1.82) is 5.26 Å². The van der Waals surface area contributed by atoms with E-state index in [-0.39, 0.29) is 11.3 Å². The zero-order chi connectivity index (χ0) is 23.5. The molecule has 3 rings (SSSR count). The second-order valence-corrected chi connectivity index (χ2v) is 10.5. The van der Waals surface area contributed by atoms with Gasteiger partial charge in [0.25, 0.3) is 0 Å². The molecule has 8 heteroatoms. The van der Waals surface area contributed by atoms with Crippen molar-refractivity contribution in [3.63, 3.8) is 0 Å². The minimum absolute atomic E-state index is 0.0439. The average molecular weight is 455 g/mol. The molecule has 2 N–H and O–H groups in total. The monoisotopic (exact) mass is 454 g/mol. The molecule has 1 aromatic heterocycles. The Hall–Kier alpha value is -2.76. The topological polar surface area (TPSA) is 101 Å². The molecule has 0 unspecified atom stereocenters. The van der Waals surface area contributed by atoms with E-state index in [1.165, 1.54) is 6.20 Å². The lowest BCUT2D eigenvalue weighted by Crippen LogP contribution is -2.50. The molecule has 0 spiro atoms. The Labute approximate surface area is 193 Å². The van der Waals surface area contributed by atoms with Crippen molar-refractivity contribution in [2.24, 2.45) is 0 Å². The minimum Gasteiger partial charge on any atom is -0.444 e. The first-order valence-electron chi connectivity index (χ1n) is 10.5. The summed E-state index contributed by atoms with van der Waals surface area (Å²) in [6.07, 6.45) is 1.71. The number of thioether (sulfide) groups is 1. The average Bonchev–Trinajstić information content (AvgIpc) is 3.01. The van der Waals surface area contributed by atoms with Gasteiger partial charge in [0, 0.05) is 16.3 Å². The van der Waals surface area contributed by atoms with E-state index in [4.69, 9.17) is 15.2 Å². The molecule has 32 heavy (non-hydrogen) atoms. The zero-order valence-corrected chi connectivity index (χ0v) is 20.0. The lowest BCUT2D eigenvalue weighted by Gasteiger charge is -2.36. The summed E-state index contributed by atoms with van der Waals surface area (Å²) < 4.78 is 11.7. The standard InChI is InChI=1S/C24H30N4O3S/c1-23(2,3)31-22(29)28-18(15-30-24(28,4)5)11-19(16-9-7-6-8-10-16)32-20-12-21(26)27-14-17(20)13-25/h6-10,12,14,18-19H,11,15H2,1-5H3,(H2,26,27)/t18-,19+/m0/s1. The number of carbonyl (C=O) groups excluding carboxylic acids is 1. The predicted octanol–water partition coefficient (Wildman–Crippen LogP) is 5.13. The number of nitrogens with two attached hydrogens (primary N) is 1. The Bertz CT molecular complexity index is 999. The maximum absolute atomic E-state index is 13.1. The van der Waals surface area contributed by atoms with Crippen LogP contribution in [0.2, 0.25) is 0 Å². The summed E-state index contributed by atoms with van der Waals surface area (Å²) in [5, 5.41) is 9.49. The molecule has 170 valence electrons. The van der Waals surface area contributed by atoms with Gasteiger partial charge in [-0.15, -0.1) is 11.8 Å². The largest absolute Gasteiger partial charge is 0.444 e. The van der Waals surface area contributed by atoms with Gasteiger partial charge in [-0.3, -0.25) is 4.90 Å². The van der Waals surface area contributed by atoms with E-state index in [0.29, 0.717) is 24.4 Å². The smallest absolute Gasteiger partial charge is 0.412 e. The van der Waals surface area contributed by atoms with Gasteiger partial charge in [0.1, 0.15) is 23.2 Å². The summed E-state index contributed by atoms with van der Waals surface area (Å²) in [6, 6.07) is 13.7. The van der Waals surface area contributed by atoms with Gasteiger partial charge in [-0.05, 0) is 52.7 Å². The maximum atomic E-state index is 13.1. The first-order chi connectivity index (χ1) is 15.0. The number of aromatic nitrogens is 1. The van der Waals surface area contributed by atoms with Crippen molar-refractivity contribution in [2.45, 2.75) is 68.6 Å². The first-order valence-corrected chi connectivity index (χ1v) is 11.4. The van der Waals surface area contributed by atoms with Gasteiger partial charge in [0.15, 0.2) is 0 Å². The molecular weight excluding hydrogens is 424 g/mol. The molecule has 0 aliphatic carbocycles. The van der Waals surface area contributed by atoms with Crippen LogP contribution in [0, 0.1) is 11.3 Å². The van der Waals surface area contributed by atoms with Crippen molar-refractivity contribution in [3.05, 3.63) is 53.7 Å². The lowest BCUT2D eigenvalue weighted by atomic mass is 10.0. The summed E-state index contributed by atoms with van der Waals surface area (Å²) in [6.45, 7) is 9.70.